The molecule has 0 spiro atoms. The van der Waals surface area contributed by atoms with Crippen LogP contribution in [-0.2, 0) is 4.79 Å². The summed E-state index contributed by atoms with van der Waals surface area (Å²) in [6.45, 7) is 3.64. The summed E-state index contributed by atoms with van der Waals surface area (Å²) in [5, 5.41) is 1.11. The molecule has 0 saturated carbocycles. The number of likely N-dealkylation sites (N-methyl/N-ethyl adjacent to an activating group) is 1. The molecule has 1 fully saturated rings. The van der Waals surface area contributed by atoms with Crippen LogP contribution in [0.3, 0.4) is 0 Å². The first-order valence-electron chi connectivity index (χ1n) is 6.60. The number of rotatable bonds is 4. The van der Waals surface area contributed by atoms with Gasteiger partial charge in [0.25, 0.3) is 0 Å². The number of hydrogen-bond acceptors (Lipinski definition) is 2. The molecule has 0 radical (unpaired) electrons. The molecule has 3 nitrogen and oxygen atoms in total. The maximum atomic E-state index is 12.3. The highest BCUT2D eigenvalue weighted by Crippen LogP contribution is 2.43. The van der Waals surface area contributed by atoms with Gasteiger partial charge in [0, 0.05) is 0 Å². The number of carbonyl (C=O) groups is 1. The number of hydrogen-bond donors (Lipinski definition) is 1. The minimum Gasteiger partial charge on any atom is -0.338 e. The van der Waals surface area contributed by atoms with E-state index in [1.807, 2.05) is 24.0 Å². The van der Waals surface area contributed by atoms with Crippen LogP contribution in [0.15, 0.2) is 18.2 Å². The standard InChI is InChI=1S/C14H18Cl2N2OS/c1-9-13(19)18(7-6-17(2)3)14(20-9)10-4-5-11(15)12(16)8-10/h4-5,8-9,14H,6-7H2,1-3H3/p+1/t9-,14+/m0/s1. The van der Waals surface area contributed by atoms with Crippen molar-refractivity contribution in [3.63, 3.8) is 0 Å². The molecule has 1 heterocycles. The minimum atomic E-state index is -0.00776. The molecule has 1 aromatic rings. The van der Waals surface area contributed by atoms with E-state index in [4.69, 9.17) is 23.2 Å². The zero-order valence-electron chi connectivity index (χ0n) is 11.8. The zero-order valence-corrected chi connectivity index (χ0v) is 14.1. The number of quaternary nitrogens is 1. The molecule has 1 aromatic carbocycles. The number of nitrogens with one attached hydrogen (secondary N) is 1. The Morgan fingerprint density at radius 3 is 2.60 bits per heavy atom. The van der Waals surface area contributed by atoms with Crippen LogP contribution in [0.1, 0.15) is 17.9 Å². The zero-order chi connectivity index (χ0) is 14.9. The fourth-order valence-electron chi connectivity index (χ4n) is 2.17. The lowest BCUT2D eigenvalue weighted by Crippen LogP contribution is -3.06. The smallest absolute Gasteiger partial charge is 0.236 e. The number of carbonyl (C=O) groups excluding carboxylic acids is 1. The van der Waals surface area contributed by atoms with Gasteiger partial charge in [-0.15, -0.1) is 11.8 Å². The van der Waals surface area contributed by atoms with Crippen LogP contribution in [0, 0.1) is 0 Å². The topological polar surface area (TPSA) is 24.8 Å². The second kappa shape index (κ2) is 6.56. The number of benzene rings is 1. The SMILES string of the molecule is C[C@@H]1S[C@H](c2ccc(Cl)c(Cl)c2)N(CC[NH+](C)C)C1=O. The van der Waals surface area contributed by atoms with E-state index in [0.717, 1.165) is 18.7 Å². The third kappa shape index (κ3) is 3.42. The van der Waals surface area contributed by atoms with Gasteiger partial charge in [-0.05, 0) is 24.6 Å². The van der Waals surface area contributed by atoms with Crippen LogP contribution >= 0.6 is 35.0 Å². The fraction of sp³-hybridized carbons (Fsp3) is 0.500. The largest absolute Gasteiger partial charge is 0.338 e. The van der Waals surface area contributed by atoms with Gasteiger partial charge in [-0.3, -0.25) is 4.79 Å². The van der Waals surface area contributed by atoms with E-state index < -0.39 is 0 Å². The second-order valence-corrected chi connectivity index (χ2v) is 7.53. The number of halogens is 2. The van der Waals surface area contributed by atoms with E-state index >= 15 is 0 Å². The summed E-state index contributed by atoms with van der Waals surface area (Å²) in [4.78, 5) is 15.6. The Morgan fingerprint density at radius 2 is 2.00 bits per heavy atom. The Bertz CT molecular complexity index is 510. The summed E-state index contributed by atoms with van der Waals surface area (Å²) < 4.78 is 0. The Hall–Kier alpha value is -0.420. The van der Waals surface area contributed by atoms with Crippen LogP contribution in [0.5, 0.6) is 0 Å². The van der Waals surface area contributed by atoms with Crippen LogP contribution in [-0.4, -0.2) is 43.2 Å². The Balaban J connectivity index is 2.23. The molecular formula is C14H19Cl2N2OS+. The summed E-state index contributed by atoms with van der Waals surface area (Å²) in [5.41, 5.74) is 1.04. The first-order valence-corrected chi connectivity index (χ1v) is 8.30. The van der Waals surface area contributed by atoms with Crippen molar-refractivity contribution in [2.24, 2.45) is 0 Å². The number of amides is 1. The lowest BCUT2D eigenvalue weighted by molar-refractivity contribution is -0.857. The highest BCUT2D eigenvalue weighted by molar-refractivity contribution is 8.01. The molecule has 1 amide bonds. The molecule has 0 aromatic heterocycles. The van der Waals surface area contributed by atoms with Crippen molar-refractivity contribution in [2.75, 3.05) is 27.2 Å². The first kappa shape index (κ1) is 16.0. The van der Waals surface area contributed by atoms with E-state index in [-0.39, 0.29) is 16.5 Å². The van der Waals surface area contributed by atoms with Crippen LogP contribution in [0.2, 0.25) is 10.0 Å². The number of nitrogens with zero attached hydrogens (tertiary/aromatic N) is 1. The van der Waals surface area contributed by atoms with Crippen molar-refractivity contribution in [3.8, 4) is 0 Å². The summed E-state index contributed by atoms with van der Waals surface area (Å²) in [5.74, 6) is 0.201. The molecule has 0 aliphatic carbocycles. The van der Waals surface area contributed by atoms with Gasteiger partial charge in [-0.2, -0.15) is 0 Å². The van der Waals surface area contributed by atoms with Crippen LogP contribution < -0.4 is 4.90 Å². The predicted molar refractivity (Wildman–Crippen MR) is 85.6 cm³/mol. The molecule has 1 N–H and O–H groups in total. The quantitative estimate of drug-likeness (QED) is 0.912. The van der Waals surface area contributed by atoms with Crippen molar-refractivity contribution in [3.05, 3.63) is 33.8 Å². The molecule has 0 unspecified atom stereocenters. The molecule has 1 aliphatic heterocycles. The van der Waals surface area contributed by atoms with Gasteiger partial charge in [0.15, 0.2) is 0 Å². The number of thioether (sulfide) groups is 1. The maximum absolute atomic E-state index is 12.3. The summed E-state index contributed by atoms with van der Waals surface area (Å²) >= 11 is 13.7. The fourth-order valence-corrected chi connectivity index (χ4v) is 3.78. The van der Waals surface area contributed by atoms with E-state index in [2.05, 4.69) is 14.1 Å². The van der Waals surface area contributed by atoms with Gasteiger partial charge in [-0.1, -0.05) is 29.3 Å². The van der Waals surface area contributed by atoms with Crippen molar-refractivity contribution in [1.82, 2.24) is 4.90 Å². The summed E-state index contributed by atoms with van der Waals surface area (Å²) in [6.07, 6.45) is 0. The molecule has 2 rings (SSSR count). The molecular weight excluding hydrogens is 315 g/mol. The lowest BCUT2D eigenvalue weighted by Gasteiger charge is -2.24. The summed E-state index contributed by atoms with van der Waals surface area (Å²) in [6, 6.07) is 5.61. The van der Waals surface area contributed by atoms with Crippen LogP contribution in [0.4, 0.5) is 0 Å². The molecule has 110 valence electrons. The molecule has 20 heavy (non-hydrogen) atoms. The van der Waals surface area contributed by atoms with Gasteiger partial charge in [0.2, 0.25) is 5.91 Å². The maximum Gasteiger partial charge on any atom is 0.236 e. The van der Waals surface area contributed by atoms with Crippen molar-refractivity contribution < 1.29 is 9.69 Å². The van der Waals surface area contributed by atoms with E-state index in [1.54, 1.807) is 17.8 Å². The van der Waals surface area contributed by atoms with Crippen molar-refractivity contribution in [2.45, 2.75) is 17.5 Å². The van der Waals surface area contributed by atoms with Gasteiger partial charge < -0.3 is 9.80 Å². The third-order valence-electron chi connectivity index (χ3n) is 3.33. The van der Waals surface area contributed by atoms with Gasteiger partial charge in [0.1, 0.15) is 5.37 Å². The monoisotopic (exact) mass is 333 g/mol. The molecule has 2 atom stereocenters. The Morgan fingerprint density at radius 1 is 1.30 bits per heavy atom. The van der Waals surface area contributed by atoms with Crippen molar-refractivity contribution >= 4 is 40.9 Å². The molecule has 1 saturated heterocycles. The minimum absolute atomic E-state index is 0.00776. The van der Waals surface area contributed by atoms with E-state index in [0.29, 0.717) is 10.0 Å². The molecule has 6 heteroatoms. The normalized spacial score (nSPS) is 22.9. The third-order valence-corrected chi connectivity index (χ3v) is 5.46. The van der Waals surface area contributed by atoms with Gasteiger partial charge in [-0.25, -0.2) is 0 Å². The first-order chi connectivity index (χ1) is 9.40. The average Bonchev–Trinajstić information content (AvgIpc) is 2.67. The molecule has 0 bridgehead atoms. The van der Waals surface area contributed by atoms with Gasteiger partial charge >= 0.3 is 0 Å². The van der Waals surface area contributed by atoms with E-state index in [1.165, 1.54) is 4.90 Å². The van der Waals surface area contributed by atoms with E-state index in [9.17, 15) is 4.79 Å². The van der Waals surface area contributed by atoms with Gasteiger partial charge in [0.05, 0.1) is 42.5 Å². The molecule has 1 aliphatic rings. The lowest BCUT2D eigenvalue weighted by atomic mass is 10.2. The highest BCUT2D eigenvalue weighted by Gasteiger charge is 2.38. The second-order valence-electron chi connectivity index (χ2n) is 5.29. The average molecular weight is 334 g/mol. The van der Waals surface area contributed by atoms with Crippen LogP contribution in [0.25, 0.3) is 0 Å². The highest BCUT2D eigenvalue weighted by atomic mass is 35.5. The predicted octanol–water partition coefficient (Wildman–Crippen LogP) is 2.10. The van der Waals surface area contributed by atoms with Crippen molar-refractivity contribution in [1.29, 1.82) is 0 Å². The summed E-state index contributed by atoms with van der Waals surface area (Å²) in [7, 11) is 4.18. The Kier molecular flexibility index (Phi) is 5.24. The Labute approximate surface area is 134 Å².